The van der Waals surface area contributed by atoms with Crippen LogP contribution in [0.15, 0.2) is 28.8 Å². The summed E-state index contributed by atoms with van der Waals surface area (Å²) in [6.45, 7) is 3.66. The second-order valence-corrected chi connectivity index (χ2v) is 5.27. The number of hydrogen-bond donors (Lipinski definition) is 1. The van der Waals surface area contributed by atoms with Gasteiger partial charge in [-0.25, -0.2) is 0 Å². The lowest BCUT2D eigenvalue weighted by molar-refractivity contribution is 0.340. The summed E-state index contributed by atoms with van der Waals surface area (Å²) in [4.78, 5) is 4.54. The molecule has 5 nitrogen and oxygen atoms in total. The van der Waals surface area contributed by atoms with Crippen molar-refractivity contribution >= 4 is 0 Å². The third-order valence-corrected chi connectivity index (χ3v) is 3.73. The number of ether oxygens (including phenoxy) is 1. The van der Waals surface area contributed by atoms with Crippen LogP contribution in [-0.4, -0.2) is 23.3 Å². The predicted molar refractivity (Wildman–Crippen MR) is 80.1 cm³/mol. The molecule has 0 saturated carbocycles. The molecule has 5 heteroatoms. The zero-order valence-corrected chi connectivity index (χ0v) is 12.3. The van der Waals surface area contributed by atoms with E-state index in [2.05, 4.69) is 15.5 Å². The van der Waals surface area contributed by atoms with Crippen LogP contribution >= 0.6 is 0 Å². The van der Waals surface area contributed by atoms with Crippen LogP contribution in [0.1, 0.15) is 44.5 Å². The molecule has 0 spiro atoms. The summed E-state index contributed by atoms with van der Waals surface area (Å²) in [6, 6.07) is 7.96. The van der Waals surface area contributed by atoms with Gasteiger partial charge in [0, 0.05) is 5.56 Å². The van der Waals surface area contributed by atoms with Crippen molar-refractivity contribution in [1.29, 1.82) is 0 Å². The average Bonchev–Trinajstić information content (AvgIpc) is 2.84. The van der Waals surface area contributed by atoms with Crippen LogP contribution in [0, 0.1) is 0 Å². The van der Waals surface area contributed by atoms with Gasteiger partial charge in [-0.05, 0) is 50.6 Å². The standard InChI is InChI=1S/C16H21N3O2/c1-2-20-13-9-7-12(8-10-13)16-18-15(19-21-16)14-6-4-3-5-11-17-14/h7-10,14,17H,2-6,11H2,1H3. The van der Waals surface area contributed by atoms with Gasteiger partial charge >= 0.3 is 0 Å². The van der Waals surface area contributed by atoms with Crippen LogP contribution in [0.3, 0.4) is 0 Å². The molecule has 112 valence electrons. The van der Waals surface area contributed by atoms with E-state index in [1.807, 2.05) is 31.2 Å². The molecule has 0 amide bonds. The van der Waals surface area contributed by atoms with Gasteiger partial charge in [-0.3, -0.25) is 0 Å². The van der Waals surface area contributed by atoms with Crippen LogP contribution in [-0.2, 0) is 0 Å². The van der Waals surface area contributed by atoms with Crippen LogP contribution < -0.4 is 10.1 Å². The maximum Gasteiger partial charge on any atom is 0.257 e. The first kappa shape index (κ1) is 14.1. The number of nitrogens with one attached hydrogen (secondary N) is 1. The summed E-state index contributed by atoms with van der Waals surface area (Å²) in [5, 5.41) is 7.62. The fourth-order valence-corrected chi connectivity index (χ4v) is 2.60. The molecule has 1 unspecified atom stereocenters. The van der Waals surface area contributed by atoms with E-state index >= 15 is 0 Å². The quantitative estimate of drug-likeness (QED) is 0.934. The third kappa shape index (κ3) is 3.42. The van der Waals surface area contributed by atoms with Crippen molar-refractivity contribution in [3.63, 3.8) is 0 Å². The SMILES string of the molecule is CCOc1ccc(-c2nc(C3CCCCCN3)no2)cc1. The number of nitrogens with zero attached hydrogens (tertiary/aromatic N) is 2. The van der Waals surface area contributed by atoms with E-state index in [1.165, 1.54) is 19.3 Å². The number of rotatable bonds is 4. The summed E-state index contributed by atoms with van der Waals surface area (Å²) in [5.41, 5.74) is 0.922. The zero-order chi connectivity index (χ0) is 14.5. The highest BCUT2D eigenvalue weighted by Gasteiger charge is 2.19. The lowest BCUT2D eigenvalue weighted by Crippen LogP contribution is -2.21. The molecule has 1 aliphatic heterocycles. The molecule has 0 aliphatic carbocycles. The Bertz CT molecular complexity index is 557. The lowest BCUT2D eigenvalue weighted by atomic mass is 10.1. The van der Waals surface area contributed by atoms with Crippen LogP contribution in [0.25, 0.3) is 11.5 Å². The summed E-state index contributed by atoms with van der Waals surface area (Å²) in [7, 11) is 0. The summed E-state index contributed by atoms with van der Waals surface area (Å²) >= 11 is 0. The average molecular weight is 287 g/mol. The van der Waals surface area contributed by atoms with E-state index in [4.69, 9.17) is 9.26 Å². The molecule has 3 rings (SSSR count). The minimum absolute atomic E-state index is 0.215. The van der Waals surface area contributed by atoms with Gasteiger partial charge in [0.05, 0.1) is 12.6 Å². The first-order valence-corrected chi connectivity index (χ1v) is 7.67. The highest BCUT2D eigenvalue weighted by Crippen LogP contribution is 2.25. The molecular formula is C16H21N3O2. The van der Waals surface area contributed by atoms with Crippen molar-refractivity contribution in [2.75, 3.05) is 13.2 Å². The molecule has 1 atom stereocenters. The highest BCUT2D eigenvalue weighted by molar-refractivity contribution is 5.54. The molecule has 0 radical (unpaired) electrons. The van der Waals surface area contributed by atoms with Gasteiger partial charge in [0.25, 0.3) is 5.89 Å². The van der Waals surface area contributed by atoms with Crippen LogP contribution in [0.5, 0.6) is 5.75 Å². The normalized spacial score (nSPS) is 19.2. The molecular weight excluding hydrogens is 266 g/mol. The molecule has 0 bridgehead atoms. The molecule has 1 saturated heterocycles. The Labute approximate surface area is 124 Å². The number of aromatic nitrogens is 2. The molecule has 1 N–H and O–H groups in total. The van der Waals surface area contributed by atoms with E-state index in [1.54, 1.807) is 0 Å². The molecule has 2 aromatic rings. The largest absolute Gasteiger partial charge is 0.494 e. The Balaban J connectivity index is 1.74. The molecule has 1 aliphatic rings. The van der Waals surface area contributed by atoms with Crippen molar-refractivity contribution in [3.05, 3.63) is 30.1 Å². The van der Waals surface area contributed by atoms with E-state index in [9.17, 15) is 0 Å². The van der Waals surface area contributed by atoms with E-state index in [0.717, 1.165) is 30.1 Å². The summed E-state index contributed by atoms with van der Waals surface area (Å²) < 4.78 is 10.8. The molecule has 1 aromatic heterocycles. The molecule has 21 heavy (non-hydrogen) atoms. The minimum atomic E-state index is 0.215. The van der Waals surface area contributed by atoms with Gasteiger partial charge in [-0.2, -0.15) is 4.98 Å². The van der Waals surface area contributed by atoms with E-state index in [0.29, 0.717) is 12.5 Å². The van der Waals surface area contributed by atoms with Crippen molar-refractivity contribution in [2.24, 2.45) is 0 Å². The maximum atomic E-state index is 5.43. The third-order valence-electron chi connectivity index (χ3n) is 3.73. The zero-order valence-electron chi connectivity index (χ0n) is 12.3. The minimum Gasteiger partial charge on any atom is -0.494 e. The topological polar surface area (TPSA) is 60.2 Å². The second kappa shape index (κ2) is 6.72. The van der Waals surface area contributed by atoms with Crippen molar-refractivity contribution in [1.82, 2.24) is 15.5 Å². The molecule has 1 fully saturated rings. The van der Waals surface area contributed by atoms with Gasteiger partial charge in [-0.15, -0.1) is 0 Å². The molecule has 1 aromatic carbocycles. The number of benzene rings is 1. The monoisotopic (exact) mass is 287 g/mol. The van der Waals surface area contributed by atoms with Gasteiger partial charge in [-0.1, -0.05) is 18.0 Å². The second-order valence-electron chi connectivity index (χ2n) is 5.27. The lowest BCUT2D eigenvalue weighted by Gasteiger charge is -2.09. The Morgan fingerprint density at radius 3 is 2.90 bits per heavy atom. The molecule has 2 heterocycles. The van der Waals surface area contributed by atoms with Crippen molar-refractivity contribution in [3.8, 4) is 17.2 Å². The Hall–Kier alpha value is -1.88. The number of hydrogen-bond acceptors (Lipinski definition) is 5. The Morgan fingerprint density at radius 2 is 2.10 bits per heavy atom. The van der Waals surface area contributed by atoms with Crippen LogP contribution in [0.4, 0.5) is 0 Å². The first-order valence-electron chi connectivity index (χ1n) is 7.67. The van der Waals surface area contributed by atoms with Gasteiger partial charge in [0.2, 0.25) is 0 Å². The predicted octanol–water partition coefficient (Wildman–Crippen LogP) is 3.34. The van der Waals surface area contributed by atoms with Crippen molar-refractivity contribution < 1.29 is 9.26 Å². The Morgan fingerprint density at radius 1 is 1.24 bits per heavy atom. The van der Waals surface area contributed by atoms with Crippen LogP contribution in [0.2, 0.25) is 0 Å². The summed E-state index contributed by atoms with van der Waals surface area (Å²) in [5.74, 6) is 2.19. The van der Waals surface area contributed by atoms with Crippen molar-refractivity contribution in [2.45, 2.75) is 38.6 Å². The van der Waals surface area contributed by atoms with E-state index < -0.39 is 0 Å². The van der Waals surface area contributed by atoms with Gasteiger partial charge in [0.15, 0.2) is 5.82 Å². The fourth-order valence-electron chi connectivity index (χ4n) is 2.60. The Kier molecular flexibility index (Phi) is 4.50. The fraction of sp³-hybridized carbons (Fsp3) is 0.500. The summed E-state index contributed by atoms with van der Waals surface area (Å²) in [6.07, 6.45) is 4.78. The first-order chi connectivity index (χ1) is 10.4. The van der Waals surface area contributed by atoms with Gasteiger partial charge in [0.1, 0.15) is 5.75 Å². The van der Waals surface area contributed by atoms with Gasteiger partial charge < -0.3 is 14.6 Å². The van der Waals surface area contributed by atoms with E-state index in [-0.39, 0.29) is 6.04 Å². The maximum absolute atomic E-state index is 5.43. The highest BCUT2D eigenvalue weighted by atomic mass is 16.5. The smallest absolute Gasteiger partial charge is 0.257 e.